The molecule has 0 aliphatic carbocycles. The van der Waals surface area contributed by atoms with Gasteiger partial charge in [0, 0.05) is 49.6 Å². The summed E-state index contributed by atoms with van der Waals surface area (Å²) in [5, 5.41) is 0. The zero-order chi connectivity index (χ0) is 26.2. The topological polar surface area (TPSA) is 110 Å². The molecule has 2 fully saturated rings. The van der Waals surface area contributed by atoms with E-state index in [1.807, 2.05) is 0 Å². The van der Waals surface area contributed by atoms with Gasteiger partial charge in [0.25, 0.3) is 16.0 Å². The SMILES string of the molecule is COS(=O)(=O)c1cccc(C(=O)N2C[C@@H]3CCN(C(=O)C[C@H](N)Cc4cc(F)c(F)cc4F)[C@@H]3C2)c1. The molecule has 0 aromatic heterocycles. The lowest BCUT2D eigenvalue weighted by atomic mass is 10.0. The highest BCUT2D eigenvalue weighted by Crippen LogP contribution is 2.33. The van der Waals surface area contributed by atoms with Crippen molar-refractivity contribution in [2.24, 2.45) is 11.7 Å². The number of hydrogen-bond acceptors (Lipinski definition) is 6. The normalized spacial score (nSPS) is 20.5. The molecule has 12 heteroatoms. The summed E-state index contributed by atoms with van der Waals surface area (Å²) >= 11 is 0. The molecule has 2 aromatic rings. The summed E-state index contributed by atoms with van der Waals surface area (Å²) in [4.78, 5) is 29.1. The van der Waals surface area contributed by atoms with Crippen molar-refractivity contribution < 1.29 is 35.4 Å². The van der Waals surface area contributed by atoms with Crippen LogP contribution in [0.5, 0.6) is 0 Å². The highest BCUT2D eigenvalue weighted by atomic mass is 32.2. The Morgan fingerprint density at radius 2 is 1.83 bits per heavy atom. The van der Waals surface area contributed by atoms with Gasteiger partial charge < -0.3 is 15.5 Å². The Morgan fingerprint density at radius 1 is 1.11 bits per heavy atom. The van der Waals surface area contributed by atoms with Gasteiger partial charge in [-0.3, -0.25) is 13.8 Å². The van der Waals surface area contributed by atoms with Crippen LogP contribution in [0.2, 0.25) is 0 Å². The molecule has 36 heavy (non-hydrogen) atoms. The minimum Gasteiger partial charge on any atom is -0.338 e. The molecule has 2 N–H and O–H groups in total. The van der Waals surface area contributed by atoms with Crippen LogP contribution < -0.4 is 5.73 Å². The molecule has 2 amide bonds. The van der Waals surface area contributed by atoms with Crippen LogP contribution >= 0.6 is 0 Å². The fourth-order valence-corrected chi connectivity index (χ4v) is 5.63. The highest BCUT2D eigenvalue weighted by molar-refractivity contribution is 7.86. The number of nitrogens with two attached hydrogens (primary N) is 1. The smallest absolute Gasteiger partial charge is 0.296 e. The number of likely N-dealkylation sites (tertiary alicyclic amines) is 2. The van der Waals surface area contributed by atoms with Crippen LogP contribution in [0, 0.1) is 23.4 Å². The number of amides is 2. The maximum absolute atomic E-state index is 13.9. The zero-order valence-electron chi connectivity index (χ0n) is 19.5. The summed E-state index contributed by atoms with van der Waals surface area (Å²) in [5.41, 5.74) is 6.11. The fourth-order valence-electron chi connectivity index (χ4n) is 4.92. The van der Waals surface area contributed by atoms with Gasteiger partial charge in [-0.05, 0) is 42.7 Å². The first-order valence-corrected chi connectivity index (χ1v) is 12.8. The van der Waals surface area contributed by atoms with Gasteiger partial charge in [-0.1, -0.05) is 6.07 Å². The zero-order valence-corrected chi connectivity index (χ0v) is 20.3. The van der Waals surface area contributed by atoms with Gasteiger partial charge in [-0.15, -0.1) is 0 Å². The van der Waals surface area contributed by atoms with Crippen molar-refractivity contribution in [1.82, 2.24) is 9.80 Å². The van der Waals surface area contributed by atoms with Crippen LogP contribution in [-0.2, 0) is 25.5 Å². The predicted molar refractivity (Wildman–Crippen MR) is 123 cm³/mol. The minimum absolute atomic E-state index is 0.0589. The number of benzene rings is 2. The first-order valence-electron chi connectivity index (χ1n) is 11.4. The van der Waals surface area contributed by atoms with Gasteiger partial charge >= 0.3 is 0 Å². The molecule has 0 unspecified atom stereocenters. The number of nitrogens with zero attached hydrogens (tertiary/aromatic N) is 2. The molecule has 2 heterocycles. The molecule has 3 atom stereocenters. The summed E-state index contributed by atoms with van der Waals surface area (Å²) < 4.78 is 69.0. The van der Waals surface area contributed by atoms with Crippen molar-refractivity contribution in [2.75, 3.05) is 26.7 Å². The molecule has 0 spiro atoms. The molecule has 194 valence electrons. The Kier molecular flexibility index (Phi) is 7.39. The molecule has 0 radical (unpaired) electrons. The third kappa shape index (κ3) is 5.25. The number of rotatable bonds is 7. The average molecular weight is 526 g/mol. The molecule has 2 aliphatic rings. The number of carbonyl (C=O) groups is 2. The first-order chi connectivity index (χ1) is 17.0. The Balaban J connectivity index is 1.39. The number of hydrogen-bond donors (Lipinski definition) is 1. The van der Waals surface area contributed by atoms with E-state index in [1.165, 1.54) is 24.3 Å². The second-order valence-electron chi connectivity index (χ2n) is 9.09. The van der Waals surface area contributed by atoms with E-state index in [0.717, 1.165) is 13.2 Å². The molecule has 0 saturated carbocycles. The number of fused-ring (bicyclic) bond motifs is 1. The Hall–Kier alpha value is -2.96. The van der Waals surface area contributed by atoms with Crippen molar-refractivity contribution in [1.29, 1.82) is 0 Å². The van der Waals surface area contributed by atoms with Crippen molar-refractivity contribution in [3.63, 3.8) is 0 Å². The van der Waals surface area contributed by atoms with Gasteiger partial charge in [-0.25, -0.2) is 13.2 Å². The third-order valence-corrected chi connectivity index (χ3v) is 8.02. The van der Waals surface area contributed by atoms with Gasteiger partial charge in [0.2, 0.25) is 5.91 Å². The van der Waals surface area contributed by atoms with Crippen LogP contribution in [0.25, 0.3) is 0 Å². The molecule has 8 nitrogen and oxygen atoms in total. The minimum atomic E-state index is -3.95. The standard InChI is InChI=1S/C24H26F3N3O5S/c1-35-36(33,34)18-4-2-3-14(8-18)24(32)29-12-15-5-6-30(22(15)13-29)23(31)10-17(28)7-16-9-20(26)21(27)11-19(16)25/h2-4,8-9,11,15,17,22H,5-7,10,12-13,28H2,1H3/t15-,17+,22+/m0/s1. The van der Waals surface area contributed by atoms with Crippen LogP contribution in [0.15, 0.2) is 41.3 Å². The van der Waals surface area contributed by atoms with E-state index in [2.05, 4.69) is 4.18 Å². The molecule has 2 aromatic carbocycles. The molecular weight excluding hydrogens is 499 g/mol. The average Bonchev–Trinajstić information content (AvgIpc) is 3.43. The Labute approximate surface area is 206 Å². The maximum atomic E-state index is 13.9. The first kappa shape index (κ1) is 26.1. The Bertz CT molecular complexity index is 1290. The molecule has 0 bridgehead atoms. The van der Waals surface area contributed by atoms with Crippen LogP contribution in [-0.4, -0.2) is 68.9 Å². The van der Waals surface area contributed by atoms with Crippen molar-refractivity contribution in [3.8, 4) is 0 Å². The van der Waals surface area contributed by atoms with Crippen molar-refractivity contribution in [2.45, 2.75) is 36.2 Å². The summed E-state index contributed by atoms with van der Waals surface area (Å²) in [5.74, 6) is -3.96. The van der Waals surface area contributed by atoms with Crippen molar-refractivity contribution >= 4 is 21.9 Å². The quantitative estimate of drug-likeness (QED) is 0.438. The van der Waals surface area contributed by atoms with Crippen LogP contribution in [0.1, 0.15) is 28.8 Å². The number of halogens is 3. The second kappa shape index (κ2) is 10.2. The summed E-state index contributed by atoms with van der Waals surface area (Å²) in [6.07, 6.45) is 0.430. The largest absolute Gasteiger partial charge is 0.338 e. The van der Waals surface area contributed by atoms with E-state index in [9.17, 15) is 31.2 Å². The van der Waals surface area contributed by atoms with Gasteiger partial charge in [0.15, 0.2) is 11.6 Å². The van der Waals surface area contributed by atoms with Gasteiger partial charge in [-0.2, -0.15) is 8.42 Å². The monoisotopic (exact) mass is 525 g/mol. The van der Waals surface area contributed by atoms with Crippen molar-refractivity contribution in [3.05, 3.63) is 65.0 Å². The molecular formula is C24H26F3N3O5S. The maximum Gasteiger partial charge on any atom is 0.296 e. The summed E-state index contributed by atoms with van der Waals surface area (Å²) in [7, 11) is -2.91. The molecule has 2 aliphatic heterocycles. The van der Waals surface area contributed by atoms with E-state index in [0.29, 0.717) is 25.6 Å². The molecule has 2 saturated heterocycles. The summed E-state index contributed by atoms with van der Waals surface area (Å²) in [6, 6.07) is 5.75. The third-order valence-electron chi connectivity index (χ3n) is 6.75. The van der Waals surface area contributed by atoms with E-state index < -0.39 is 33.6 Å². The lowest BCUT2D eigenvalue weighted by Crippen LogP contribution is -2.43. The van der Waals surface area contributed by atoms with E-state index in [1.54, 1.807) is 9.80 Å². The van der Waals surface area contributed by atoms with E-state index in [-0.39, 0.29) is 59.2 Å². The summed E-state index contributed by atoms with van der Waals surface area (Å²) in [6.45, 7) is 1.19. The molecule has 4 rings (SSSR count). The van der Waals surface area contributed by atoms with E-state index in [4.69, 9.17) is 5.73 Å². The second-order valence-corrected chi connectivity index (χ2v) is 10.8. The highest BCUT2D eigenvalue weighted by Gasteiger charge is 2.44. The fraction of sp³-hybridized carbons (Fsp3) is 0.417. The van der Waals surface area contributed by atoms with E-state index >= 15 is 0 Å². The van der Waals surface area contributed by atoms with Crippen LogP contribution in [0.4, 0.5) is 13.2 Å². The Morgan fingerprint density at radius 3 is 2.56 bits per heavy atom. The predicted octanol–water partition coefficient (Wildman–Crippen LogP) is 2.07. The number of carbonyl (C=O) groups excluding carboxylic acids is 2. The van der Waals surface area contributed by atoms with Crippen LogP contribution in [0.3, 0.4) is 0 Å². The lowest BCUT2D eigenvalue weighted by Gasteiger charge is -2.26. The van der Waals surface area contributed by atoms with Gasteiger partial charge in [0.1, 0.15) is 5.82 Å². The lowest BCUT2D eigenvalue weighted by molar-refractivity contribution is -0.132. The van der Waals surface area contributed by atoms with Gasteiger partial charge in [0.05, 0.1) is 18.0 Å².